The molecule has 0 aromatic heterocycles. The zero-order valence-corrected chi connectivity index (χ0v) is 19.4. The van der Waals surface area contributed by atoms with E-state index < -0.39 is 0 Å². The van der Waals surface area contributed by atoms with E-state index in [0.717, 1.165) is 32.4 Å². The van der Waals surface area contributed by atoms with Crippen molar-refractivity contribution in [3.63, 3.8) is 0 Å². The summed E-state index contributed by atoms with van der Waals surface area (Å²) < 4.78 is 0. The van der Waals surface area contributed by atoms with Crippen molar-refractivity contribution in [1.29, 1.82) is 0 Å². The number of carbonyl (C=O) groups is 1. The summed E-state index contributed by atoms with van der Waals surface area (Å²) in [5.41, 5.74) is 1.40. The second kappa shape index (κ2) is 12.2. The average Bonchev–Trinajstić information content (AvgIpc) is 2.66. The molecule has 0 radical (unpaired) electrons. The molecule has 0 saturated carbocycles. The van der Waals surface area contributed by atoms with E-state index in [9.17, 15) is 4.79 Å². The molecular weight excluding hydrogens is 451 g/mol. The van der Waals surface area contributed by atoms with Crippen LogP contribution in [0.15, 0.2) is 35.3 Å². The van der Waals surface area contributed by atoms with E-state index in [-0.39, 0.29) is 29.9 Å². The van der Waals surface area contributed by atoms with Crippen LogP contribution in [0.5, 0.6) is 0 Å². The standard InChI is InChI=1S/C21H34N4O.HI/c1-16(2)17(3)24-21(22-4)23-15-20(26)25-12-10-19(11-13-25)14-18-8-6-5-7-9-18;/h5-9,16-17,19H,10-15H2,1-4H3,(H2,22,23,24);1H. The molecule has 1 aliphatic heterocycles. The Labute approximate surface area is 181 Å². The fourth-order valence-corrected chi connectivity index (χ4v) is 3.18. The van der Waals surface area contributed by atoms with Gasteiger partial charge in [0.25, 0.3) is 0 Å². The molecule has 27 heavy (non-hydrogen) atoms. The van der Waals surface area contributed by atoms with Crippen LogP contribution in [-0.4, -0.2) is 49.5 Å². The van der Waals surface area contributed by atoms with Crippen molar-refractivity contribution >= 4 is 35.8 Å². The molecule has 2 rings (SSSR count). The van der Waals surface area contributed by atoms with Gasteiger partial charge in [-0.25, -0.2) is 0 Å². The maximum Gasteiger partial charge on any atom is 0.241 e. The highest BCUT2D eigenvalue weighted by Crippen LogP contribution is 2.21. The molecule has 0 spiro atoms. The number of nitrogens with one attached hydrogen (secondary N) is 2. The van der Waals surface area contributed by atoms with Gasteiger partial charge in [0.15, 0.2) is 5.96 Å². The van der Waals surface area contributed by atoms with Crippen molar-refractivity contribution in [2.75, 3.05) is 26.7 Å². The van der Waals surface area contributed by atoms with Crippen molar-refractivity contribution in [3.05, 3.63) is 35.9 Å². The smallest absolute Gasteiger partial charge is 0.241 e. The second-order valence-corrected chi connectivity index (χ2v) is 7.62. The molecule has 1 amide bonds. The molecule has 1 atom stereocenters. The molecule has 152 valence electrons. The molecule has 1 aliphatic rings. The lowest BCUT2D eigenvalue weighted by molar-refractivity contribution is -0.131. The molecule has 6 heteroatoms. The molecule has 2 N–H and O–H groups in total. The van der Waals surface area contributed by atoms with Gasteiger partial charge in [-0.2, -0.15) is 0 Å². The highest BCUT2D eigenvalue weighted by Gasteiger charge is 2.23. The number of halogens is 1. The van der Waals surface area contributed by atoms with Crippen LogP contribution in [0.25, 0.3) is 0 Å². The van der Waals surface area contributed by atoms with Crippen molar-refractivity contribution in [2.45, 2.75) is 46.1 Å². The minimum atomic E-state index is 0. The van der Waals surface area contributed by atoms with Gasteiger partial charge in [-0.15, -0.1) is 24.0 Å². The van der Waals surface area contributed by atoms with E-state index in [2.05, 4.69) is 66.7 Å². The van der Waals surface area contributed by atoms with Crippen LogP contribution < -0.4 is 10.6 Å². The predicted octanol–water partition coefficient (Wildman–Crippen LogP) is 3.30. The molecule has 1 saturated heterocycles. The van der Waals surface area contributed by atoms with Gasteiger partial charge in [0.05, 0.1) is 6.54 Å². The Morgan fingerprint density at radius 2 is 1.81 bits per heavy atom. The van der Waals surface area contributed by atoms with E-state index in [1.807, 2.05) is 4.90 Å². The van der Waals surface area contributed by atoms with Crippen LogP contribution in [0.4, 0.5) is 0 Å². The SMILES string of the molecule is CN=C(NCC(=O)N1CCC(Cc2ccccc2)CC1)NC(C)C(C)C.I. The van der Waals surface area contributed by atoms with Crippen LogP contribution >= 0.6 is 24.0 Å². The molecule has 1 aromatic carbocycles. The van der Waals surface area contributed by atoms with Gasteiger partial charge in [-0.1, -0.05) is 44.2 Å². The number of amides is 1. The maximum absolute atomic E-state index is 12.5. The molecule has 1 aromatic rings. The van der Waals surface area contributed by atoms with Gasteiger partial charge in [0, 0.05) is 26.2 Å². The van der Waals surface area contributed by atoms with Gasteiger partial charge in [0.2, 0.25) is 5.91 Å². The monoisotopic (exact) mass is 486 g/mol. The fraction of sp³-hybridized carbons (Fsp3) is 0.619. The Morgan fingerprint density at radius 3 is 2.37 bits per heavy atom. The fourth-order valence-electron chi connectivity index (χ4n) is 3.18. The van der Waals surface area contributed by atoms with Crippen molar-refractivity contribution in [3.8, 4) is 0 Å². The van der Waals surface area contributed by atoms with Gasteiger partial charge in [0.1, 0.15) is 0 Å². The summed E-state index contributed by atoms with van der Waals surface area (Å²) in [7, 11) is 1.74. The zero-order chi connectivity index (χ0) is 18.9. The summed E-state index contributed by atoms with van der Waals surface area (Å²) in [6.07, 6.45) is 3.28. The molecule has 5 nitrogen and oxygen atoms in total. The number of piperidine rings is 1. The summed E-state index contributed by atoms with van der Waals surface area (Å²) in [5, 5.41) is 6.48. The van der Waals surface area contributed by atoms with Crippen LogP contribution in [-0.2, 0) is 11.2 Å². The van der Waals surface area contributed by atoms with E-state index >= 15 is 0 Å². The van der Waals surface area contributed by atoms with Gasteiger partial charge < -0.3 is 15.5 Å². The first-order valence-corrected chi connectivity index (χ1v) is 9.78. The minimum absolute atomic E-state index is 0. The number of hydrogen-bond donors (Lipinski definition) is 2. The highest BCUT2D eigenvalue weighted by atomic mass is 127. The van der Waals surface area contributed by atoms with Crippen molar-refractivity contribution in [1.82, 2.24) is 15.5 Å². The molecule has 1 fully saturated rings. The first-order chi connectivity index (χ1) is 12.5. The maximum atomic E-state index is 12.5. The lowest BCUT2D eigenvalue weighted by Gasteiger charge is -2.32. The Balaban J connectivity index is 0.00000364. The van der Waals surface area contributed by atoms with Crippen molar-refractivity contribution < 1.29 is 4.79 Å². The summed E-state index contributed by atoms with van der Waals surface area (Å²) in [6.45, 7) is 8.45. The number of likely N-dealkylation sites (tertiary alicyclic amines) is 1. The van der Waals surface area contributed by atoms with E-state index in [1.54, 1.807) is 7.05 Å². The Hall–Kier alpha value is -1.31. The third kappa shape index (κ3) is 8.07. The topological polar surface area (TPSA) is 56.7 Å². The van der Waals surface area contributed by atoms with E-state index in [0.29, 0.717) is 30.4 Å². The summed E-state index contributed by atoms with van der Waals surface area (Å²) in [6, 6.07) is 10.9. The second-order valence-electron chi connectivity index (χ2n) is 7.62. The molecular formula is C21H35IN4O. The normalized spacial score (nSPS) is 16.6. The molecule has 1 heterocycles. The largest absolute Gasteiger partial charge is 0.354 e. The highest BCUT2D eigenvalue weighted by molar-refractivity contribution is 14.0. The van der Waals surface area contributed by atoms with Gasteiger partial charge in [-0.3, -0.25) is 9.79 Å². The van der Waals surface area contributed by atoms with Gasteiger partial charge in [-0.05, 0) is 43.6 Å². The quantitative estimate of drug-likeness (QED) is 0.369. The van der Waals surface area contributed by atoms with E-state index in [4.69, 9.17) is 0 Å². The number of nitrogens with zero attached hydrogens (tertiary/aromatic N) is 2. The number of guanidine groups is 1. The van der Waals surface area contributed by atoms with Crippen LogP contribution in [0.2, 0.25) is 0 Å². The number of benzene rings is 1. The third-order valence-electron chi connectivity index (χ3n) is 5.33. The number of carbonyl (C=O) groups excluding carboxylic acids is 1. The number of hydrogen-bond acceptors (Lipinski definition) is 2. The number of aliphatic imine (C=N–C) groups is 1. The Kier molecular flexibility index (Phi) is 10.7. The predicted molar refractivity (Wildman–Crippen MR) is 124 cm³/mol. The Bertz CT molecular complexity index is 583. The lowest BCUT2D eigenvalue weighted by Crippen LogP contribution is -2.49. The van der Waals surface area contributed by atoms with Gasteiger partial charge >= 0.3 is 0 Å². The summed E-state index contributed by atoms with van der Waals surface area (Å²) >= 11 is 0. The zero-order valence-electron chi connectivity index (χ0n) is 17.1. The summed E-state index contributed by atoms with van der Waals surface area (Å²) in [5.74, 6) is 2.03. The van der Waals surface area contributed by atoms with Crippen LogP contribution in [0.1, 0.15) is 39.2 Å². The molecule has 0 aliphatic carbocycles. The molecule has 1 unspecified atom stereocenters. The lowest BCUT2D eigenvalue weighted by atomic mass is 9.90. The minimum Gasteiger partial charge on any atom is -0.354 e. The first-order valence-electron chi connectivity index (χ1n) is 9.78. The Morgan fingerprint density at radius 1 is 1.19 bits per heavy atom. The number of rotatable bonds is 6. The summed E-state index contributed by atoms with van der Waals surface area (Å²) in [4.78, 5) is 18.7. The first kappa shape index (κ1) is 23.7. The third-order valence-corrected chi connectivity index (χ3v) is 5.33. The average molecular weight is 486 g/mol. The van der Waals surface area contributed by atoms with E-state index in [1.165, 1.54) is 5.56 Å². The van der Waals surface area contributed by atoms with Crippen molar-refractivity contribution in [2.24, 2.45) is 16.8 Å². The van der Waals surface area contributed by atoms with Crippen LogP contribution in [0, 0.1) is 11.8 Å². The van der Waals surface area contributed by atoms with Crippen LogP contribution in [0.3, 0.4) is 0 Å². The molecule has 0 bridgehead atoms.